The van der Waals surface area contributed by atoms with Gasteiger partial charge in [0.2, 0.25) is 5.91 Å². The van der Waals surface area contributed by atoms with Gasteiger partial charge in [-0.05, 0) is 43.2 Å². The molecule has 0 aromatic heterocycles. The molecule has 0 unspecified atom stereocenters. The highest BCUT2D eigenvalue weighted by Gasteiger charge is 2.31. The van der Waals surface area contributed by atoms with Gasteiger partial charge in [-0.15, -0.1) is 0 Å². The smallest absolute Gasteiger partial charge is 0.258 e. The fraction of sp³-hybridized carbons (Fsp3) is 0.312. The van der Waals surface area contributed by atoms with Gasteiger partial charge in [0.15, 0.2) is 0 Å². The minimum absolute atomic E-state index is 0.146. The zero-order valence-corrected chi connectivity index (χ0v) is 22.9. The molecule has 1 N–H and O–H groups in total. The van der Waals surface area contributed by atoms with E-state index in [9.17, 15) is 9.59 Å². The molecule has 0 saturated heterocycles. The Bertz CT molecular complexity index is 1310. The zero-order valence-electron chi connectivity index (χ0n) is 22.9. The highest BCUT2D eigenvalue weighted by Crippen LogP contribution is 2.32. The molecule has 2 amide bonds. The Hall–Kier alpha value is -4.26. The first kappa shape index (κ1) is 27.8. The molecule has 0 radical (unpaired) electrons. The Morgan fingerprint density at radius 1 is 0.923 bits per heavy atom. The number of nitrogens with zero attached hydrogens (tertiary/aromatic N) is 1. The quantitative estimate of drug-likeness (QED) is 0.451. The van der Waals surface area contributed by atoms with Crippen LogP contribution in [0, 0.1) is 0 Å². The number of benzene rings is 3. The summed E-state index contributed by atoms with van der Waals surface area (Å²) >= 11 is 0. The van der Waals surface area contributed by atoms with Crippen molar-refractivity contribution in [1.29, 1.82) is 0 Å². The van der Waals surface area contributed by atoms with E-state index < -0.39 is 6.04 Å². The first-order valence-corrected chi connectivity index (χ1v) is 13.1. The third kappa shape index (κ3) is 6.79. The van der Waals surface area contributed by atoms with E-state index in [1.807, 2.05) is 67.6 Å². The average Bonchev–Trinajstić information content (AvgIpc) is 2.96. The molecular formula is C32H36N2O5. The Morgan fingerprint density at radius 3 is 2.38 bits per heavy atom. The van der Waals surface area contributed by atoms with E-state index in [0.717, 1.165) is 11.1 Å². The average molecular weight is 529 g/mol. The molecule has 1 heterocycles. The van der Waals surface area contributed by atoms with Crippen molar-refractivity contribution in [2.75, 3.05) is 21.3 Å². The number of para-hydroxylation sites is 1. The number of hydrogen-bond acceptors (Lipinski definition) is 5. The first-order valence-electron chi connectivity index (χ1n) is 13.1. The Labute approximate surface area is 230 Å². The number of fused-ring (bicyclic) bond motifs is 1. The predicted octanol–water partition coefficient (Wildman–Crippen LogP) is 5.36. The number of likely N-dealkylation sites (N-methyl/N-ethyl adjacent to an activating group) is 1. The zero-order chi connectivity index (χ0) is 27.8. The molecule has 0 fully saturated rings. The highest BCUT2D eigenvalue weighted by molar-refractivity contribution is 5.99. The number of nitrogens with one attached hydrogen (secondary N) is 1. The van der Waals surface area contributed by atoms with Crippen molar-refractivity contribution in [3.63, 3.8) is 0 Å². The molecule has 4 rings (SSSR count). The van der Waals surface area contributed by atoms with Gasteiger partial charge in [0.05, 0.1) is 31.9 Å². The maximum atomic E-state index is 14.0. The summed E-state index contributed by atoms with van der Waals surface area (Å²) in [4.78, 5) is 29.3. The van der Waals surface area contributed by atoms with Gasteiger partial charge < -0.3 is 24.4 Å². The van der Waals surface area contributed by atoms with Gasteiger partial charge in [-0.2, -0.15) is 0 Å². The van der Waals surface area contributed by atoms with E-state index in [-0.39, 0.29) is 24.0 Å². The molecule has 3 aromatic rings. The van der Waals surface area contributed by atoms with Crippen LogP contribution in [0.3, 0.4) is 0 Å². The van der Waals surface area contributed by atoms with Crippen LogP contribution in [0.15, 0.2) is 84.9 Å². The molecule has 204 valence electrons. The molecule has 0 saturated carbocycles. The Balaban J connectivity index is 1.76. The van der Waals surface area contributed by atoms with Crippen LogP contribution in [0.4, 0.5) is 0 Å². The summed E-state index contributed by atoms with van der Waals surface area (Å²) in [5.74, 6) is 1.25. The van der Waals surface area contributed by atoms with Crippen molar-refractivity contribution < 1.29 is 23.8 Å². The molecule has 39 heavy (non-hydrogen) atoms. The van der Waals surface area contributed by atoms with Crippen LogP contribution in [0.1, 0.15) is 47.3 Å². The van der Waals surface area contributed by atoms with E-state index in [1.165, 1.54) is 4.90 Å². The fourth-order valence-electron chi connectivity index (χ4n) is 4.74. The summed E-state index contributed by atoms with van der Waals surface area (Å²) in [6.07, 6.45) is 5.49. The molecule has 7 heteroatoms. The molecule has 1 aliphatic rings. The summed E-state index contributed by atoms with van der Waals surface area (Å²) < 4.78 is 17.2. The minimum atomic E-state index is -0.760. The van der Waals surface area contributed by atoms with Crippen molar-refractivity contribution in [1.82, 2.24) is 10.2 Å². The second-order valence-electron chi connectivity index (χ2n) is 9.66. The Morgan fingerprint density at radius 2 is 1.64 bits per heavy atom. The summed E-state index contributed by atoms with van der Waals surface area (Å²) in [6, 6.07) is 21.3. The van der Waals surface area contributed by atoms with Crippen LogP contribution in [-0.2, 0) is 11.2 Å². The van der Waals surface area contributed by atoms with Crippen molar-refractivity contribution in [2.45, 2.75) is 44.4 Å². The molecule has 0 aliphatic carbocycles. The lowest BCUT2D eigenvalue weighted by atomic mass is 9.98. The van der Waals surface area contributed by atoms with Crippen LogP contribution >= 0.6 is 0 Å². The number of carbonyl (C=O) groups is 2. The van der Waals surface area contributed by atoms with E-state index in [1.54, 1.807) is 45.5 Å². The summed E-state index contributed by atoms with van der Waals surface area (Å²) in [7, 11) is 4.87. The molecule has 1 aliphatic heterocycles. The number of rotatable bonds is 5. The SMILES string of the molecule is COc1ccc([C@@H]2C/C=C\C[C@H](C)Oc3ccccc3C(=O)N(C)[C@@H](Cc3ccccc3)C(=O)N2)c(OC)c1. The number of ether oxygens (including phenoxy) is 3. The van der Waals surface area contributed by atoms with Gasteiger partial charge in [0.25, 0.3) is 5.91 Å². The topological polar surface area (TPSA) is 77.1 Å². The monoisotopic (exact) mass is 528 g/mol. The normalized spacial score (nSPS) is 21.1. The van der Waals surface area contributed by atoms with Crippen LogP contribution in [0.2, 0.25) is 0 Å². The maximum absolute atomic E-state index is 14.0. The first-order chi connectivity index (χ1) is 18.9. The largest absolute Gasteiger partial charge is 0.497 e. The van der Waals surface area contributed by atoms with Gasteiger partial charge in [0.1, 0.15) is 23.3 Å². The second kappa shape index (κ2) is 13.0. The molecule has 7 nitrogen and oxygen atoms in total. The van der Waals surface area contributed by atoms with Crippen molar-refractivity contribution in [2.24, 2.45) is 0 Å². The standard InChI is InChI=1S/C32H36N2O5/c1-22-12-8-10-16-27(25-19-18-24(37-3)21-30(25)38-4)33-31(35)28(20-23-13-6-5-7-14-23)34(2)32(36)26-15-9-11-17-29(26)39-22/h5-11,13-15,17-19,21-22,27-28H,12,16,20H2,1-4H3,(H,33,35)/b10-8-/t22-,27-,28-/m0/s1. The number of amides is 2. The summed E-state index contributed by atoms with van der Waals surface area (Å²) in [5, 5.41) is 3.22. The van der Waals surface area contributed by atoms with Gasteiger partial charge in [-0.3, -0.25) is 9.59 Å². The molecule has 0 bridgehead atoms. The van der Waals surface area contributed by atoms with Gasteiger partial charge in [-0.25, -0.2) is 0 Å². The van der Waals surface area contributed by atoms with Crippen molar-refractivity contribution >= 4 is 11.8 Å². The van der Waals surface area contributed by atoms with Gasteiger partial charge >= 0.3 is 0 Å². The van der Waals surface area contributed by atoms with E-state index in [0.29, 0.717) is 42.1 Å². The molecule has 3 aromatic carbocycles. The van der Waals surface area contributed by atoms with E-state index in [2.05, 4.69) is 5.32 Å². The third-order valence-corrected chi connectivity index (χ3v) is 6.95. The van der Waals surface area contributed by atoms with Gasteiger partial charge in [0, 0.05) is 31.5 Å². The number of methoxy groups -OCH3 is 2. The Kier molecular flexibility index (Phi) is 9.26. The second-order valence-corrected chi connectivity index (χ2v) is 9.66. The molecule has 3 atom stereocenters. The minimum Gasteiger partial charge on any atom is -0.497 e. The van der Waals surface area contributed by atoms with E-state index >= 15 is 0 Å². The highest BCUT2D eigenvalue weighted by atomic mass is 16.5. The lowest BCUT2D eigenvalue weighted by Crippen LogP contribution is -2.49. The number of hydrogen-bond donors (Lipinski definition) is 1. The van der Waals surface area contributed by atoms with Crippen molar-refractivity contribution in [3.05, 3.63) is 102 Å². The maximum Gasteiger partial charge on any atom is 0.258 e. The number of carbonyl (C=O) groups excluding carboxylic acids is 2. The lowest BCUT2D eigenvalue weighted by molar-refractivity contribution is -0.126. The van der Waals surface area contributed by atoms with Crippen molar-refractivity contribution in [3.8, 4) is 17.2 Å². The summed E-state index contributed by atoms with van der Waals surface area (Å²) in [5.41, 5.74) is 2.20. The third-order valence-electron chi connectivity index (χ3n) is 6.95. The van der Waals surface area contributed by atoms with Crippen LogP contribution in [-0.4, -0.2) is 50.1 Å². The predicted molar refractivity (Wildman–Crippen MR) is 151 cm³/mol. The van der Waals surface area contributed by atoms with Gasteiger partial charge in [-0.1, -0.05) is 54.6 Å². The molecular weight excluding hydrogens is 492 g/mol. The fourth-order valence-corrected chi connectivity index (χ4v) is 4.74. The van der Waals surface area contributed by atoms with Crippen LogP contribution < -0.4 is 19.5 Å². The molecule has 0 spiro atoms. The van der Waals surface area contributed by atoms with Crippen LogP contribution in [0.5, 0.6) is 17.2 Å². The van der Waals surface area contributed by atoms with E-state index in [4.69, 9.17) is 14.2 Å². The summed E-state index contributed by atoms with van der Waals surface area (Å²) in [6.45, 7) is 1.98. The van der Waals surface area contributed by atoms with Crippen LogP contribution in [0.25, 0.3) is 0 Å². The lowest BCUT2D eigenvalue weighted by Gasteiger charge is -2.31.